The SMILES string of the molecule is O=C(Cl)c1cccc2ccccc12.c1ccc2c(c1)ccc1c3c(ccc12)CCCC3. The van der Waals surface area contributed by atoms with E-state index in [2.05, 4.69) is 48.5 Å². The largest absolute Gasteiger partial charge is 0.276 e. The highest BCUT2D eigenvalue weighted by Gasteiger charge is 2.13. The Hall–Kier alpha value is -3.16. The lowest BCUT2D eigenvalue weighted by Gasteiger charge is -2.18. The van der Waals surface area contributed by atoms with Crippen LogP contribution in [0.1, 0.15) is 34.3 Å². The number of benzene rings is 5. The van der Waals surface area contributed by atoms with Gasteiger partial charge in [0, 0.05) is 5.56 Å². The van der Waals surface area contributed by atoms with Crippen molar-refractivity contribution < 1.29 is 4.79 Å². The third-order valence-electron chi connectivity index (χ3n) is 6.26. The molecule has 0 spiro atoms. The predicted molar refractivity (Wildman–Crippen MR) is 132 cm³/mol. The molecule has 31 heavy (non-hydrogen) atoms. The maximum atomic E-state index is 11.0. The Morgan fingerprint density at radius 3 is 2.03 bits per heavy atom. The second-order valence-corrected chi connectivity index (χ2v) is 8.44. The number of fused-ring (bicyclic) bond motifs is 6. The number of rotatable bonds is 1. The molecule has 152 valence electrons. The second-order valence-electron chi connectivity index (χ2n) is 8.09. The van der Waals surface area contributed by atoms with E-state index in [4.69, 9.17) is 11.6 Å². The fourth-order valence-corrected chi connectivity index (χ4v) is 4.90. The van der Waals surface area contributed by atoms with Crippen LogP contribution >= 0.6 is 11.6 Å². The average Bonchev–Trinajstić information content (AvgIpc) is 2.83. The first-order chi connectivity index (χ1) is 15.2. The Kier molecular flexibility index (Phi) is 5.44. The van der Waals surface area contributed by atoms with E-state index in [0.29, 0.717) is 5.56 Å². The van der Waals surface area contributed by atoms with Crippen LogP contribution in [0.3, 0.4) is 0 Å². The maximum Gasteiger partial charge on any atom is 0.253 e. The first kappa shape index (κ1) is 19.8. The summed E-state index contributed by atoms with van der Waals surface area (Å²) in [6.07, 6.45) is 5.22. The van der Waals surface area contributed by atoms with Gasteiger partial charge in [-0.05, 0) is 86.8 Å². The molecule has 0 heterocycles. The summed E-state index contributed by atoms with van der Waals surface area (Å²) in [5.74, 6) is 0. The molecule has 1 aliphatic carbocycles. The molecule has 0 N–H and O–H groups in total. The third-order valence-corrected chi connectivity index (χ3v) is 6.46. The molecule has 0 radical (unpaired) electrons. The molecule has 6 rings (SSSR count). The summed E-state index contributed by atoms with van der Waals surface area (Å²) in [6.45, 7) is 0. The second kappa shape index (κ2) is 8.53. The lowest BCUT2D eigenvalue weighted by Crippen LogP contribution is -2.02. The Bertz CT molecular complexity index is 1410. The van der Waals surface area contributed by atoms with Crippen molar-refractivity contribution in [3.8, 4) is 0 Å². The van der Waals surface area contributed by atoms with Crippen LogP contribution in [0.5, 0.6) is 0 Å². The van der Waals surface area contributed by atoms with Crippen LogP contribution in [-0.2, 0) is 12.8 Å². The Labute approximate surface area is 187 Å². The normalized spacial score (nSPS) is 12.9. The maximum absolute atomic E-state index is 11.0. The van der Waals surface area contributed by atoms with E-state index in [1.54, 1.807) is 17.2 Å². The van der Waals surface area contributed by atoms with Gasteiger partial charge in [0.05, 0.1) is 0 Å². The topological polar surface area (TPSA) is 17.1 Å². The van der Waals surface area contributed by atoms with Gasteiger partial charge in [-0.2, -0.15) is 0 Å². The summed E-state index contributed by atoms with van der Waals surface area (Å²) < 4.78 is 0. The molecule has 0 bridgehead atoms. The average molecular weight is 423 g/mol. The van der Waals surface area contributed by atoms with E-state index in [9.17, 15) is 4.79 Å². The molecule has 0 saturated carbocycles. The van der Waals surface area contributed by atoms with E-state index in [1.807, 2.05) is 36.4 Å². The van der Waals surface area contributed by atoms with E-state index in [-0.39, 0.29) is 0 Å². The number of hydrogen-bond donors (Lipinski definition) is 0. The molecular formula is C29H23ClO. The molecule has 0 saturated heterocycles. The molecule has 2 heteroatoms. The molecule has 0 aromatic heterocycles. The number of halogens is 1. The van der Waals surface area contributed by atoms with Crippen molar-refractivity contribution in [1.29, 1.82) is 0 Å². The molecule has 1 aliphatic rings. The summed E-state index contributed by atoms with van der Waals surface area (Å²) >= 11 is 5.44. The molecule has 0 amide bonds. The Balaban J connectivity index is 0.000000140. The highest BCUT2D eigenvalue weighted by atomic mass is 35.5. The third kappa shape index (κ3) is 3.82. The summed E-state index contributed by atoms with van der Waals surface area (Å²) in [5.41, 5.74) is 3.74. The van der Waals surface area contributed by atoms with Crippen molar-refractivity contribution in [2.24, 2.45) is 0 Å². The number of aryl methyl sites for hydroxylation is 2. The van der Waals surface area contributed by atoms with Crippen molar-refractivity contribution in [1.82, 2.24) is 0 Å². The molecular weight excluding hydrogens is 400 g/mol. The minimum absolute atomic E-state index is 0.406. The van der Waals surface area contributed by atoms with Gasteiger partial charge in [0.2, 0.25) is 0 Å². The number of carbonyl (C=O) groups excluding carboxylic acids is 1. The van der Waals surface area contributed by atoms with Crippen molar-refractivity contribution >= 4 is 49.2 Å². The van der Waals surface area contributed by atoms with Crippen molar-refractivity contribution in [2.45, 2.75) is 25.7 Å². The number of hydrogen-bond acceptors (Lipinski definition) is 1. The highest BCUT2D eigenvalue weighted by molar-refractivity contribution is 6.68. The van der Waals surface area contributed by atoms with Gasteiger partial charge in [-0.25, -0.2) is 0 Å². The first-order valence-corrected chi connectivity index (χ1v) is 11.2. The Morgan fingerprint density at radius 2 is 1.23 bits per heavy atom. The van der Waals surface area contributed by atoms with Crippen LogP contribution in [0.25, 0.3) is 32.3 Å². The van der Waals surface area contributed by atoms with Crippen molar-refractivity contribution in [2.75, 3.05) is 0 Å². The Morgan fingerprint density at radius 1 is 0.581 bits per heavy atom. The zero-order valence-electron chi connectivity index (χ0n) is 17.3. The van der Waals surface area contributed by atoms with E-state index < -0.39 is 5.24 Å². The van der Waals surface area contributed by atoms with Gasteiger partial charge >= 0.3 is 0 Å². The smallest absolute Gasteiger partial charge is 0.253 e. The minimum Gasteiger partial charge on any atom is -0.276 e. The molecule has 5 aromatic carbocycles. The van der Waals surface area contributed by atoms with E-state index >= 15 is 0 Å². The minimum atomic E-state index is -0.406. The van der Waals surface area contributed by atoms with Gasteiger partial charge in [-0.15, -0.1) is 0 Å². The molecule has 1 nitrogen and oxygen atoms in total. The fraction of sp³-hybridized carbons (Fsp3) is 0.138. The van der Waals surface area contributed by atoms with Crippen LogP contribution < -0.4 is 0 Å². The molecule has 0 fully saturated rings. The van der Waals surface area contributed by atoms with Gasteiger partial charge in [-0.1, -0.05) is 84.9 Å². The highest BCUT2D eigenvalue weighted by Crippen LogP contribution is 2.33. The molecule has 0 aliphatic heterocycles. The van der Waals surface area contributed by atoms with Crippen LogP contribution in [0.15, 0.2) is 91.0 Å². The van der Waals surface area contributed by atoms with Crippen molar-refractivity contribution in [3.05, 3.63) is 108 Å². The van der Waals surface area contributed by atoms with Crippen LogP contribution in [0.2, 0.25) is 0 Å². The van der Waals surface area contributed by atoms with Crippen LogP contribution in [0.4, 0.5) is 0 Å². The summed E-state index contributed by atoms with van der Waals surface area (Å²) in [7, 11) is 0. The van der Waals surface area contributed by atoms with Gasteiger partial charge in [0.1, 0.15) is 0 Å². The predicted octanol–water partition coefficient (Wildman–Crippen LogP) is 8.09. The summed E-state index contributed by atoms with van der Waals surface area (Å²) in [4.78, 5) is 11.0. The lowest BCUT2D eigenvalue weighted by molar-refractivity contribution is 0.108. The molecule has 5 aromatic rings. The van der Waals surface area contributed by atoms with E-state index in [0.717, 1.165) is 10.8 Å². The van der Waals surface area contributed by atoms with Gasteiger partial charge < -0.3 is 0 Å². The van der Waals surface area contributed by atoms with Crippen LogP contribution in [0, 0.1) is 0 Å². The summed E-state index contributed by atoms with van der Waals surface area (Å²) in [6, 6.07) is 31.2. The first-order valence-electron chi connectivity index (χ1n) is 10.8. The lowest BCUT2D eigenvalue weighted by atomic mass is 9.86. The van der Waals surface area contributed by atoms with Crippen LogP contribution in [-0.4, -0.2) is 5.24 Å². The van der Waals surface area contributed by atoms with Gasteiger partial charge in [0.15, 0.2) is 0 Å². The monoisotopic (exact) mass is 422 g/mol. The zero-order valence-corrected chi connectivity index (χ0v) is 18.0. The van der Waals surface area contributed by atoms with Crippen molar-refractivity contribution in [3.63, 3.8) is 0 Å². The quantitative estimate of drug-likeness (QED) is 0.197. The van der Waals surface area contributed by atoms with E-state index in [1.165, 1.54) is 47.2 Å². The standard InChI is InChI=1S/C18H16.C11H7ClO/c1-3-7-15-13(5-1)9-11-18-16-8-4-2-6-14(16)10-12-17(15)18;12-11(13)10-7-3-5-8-4-1-2-6-9(8)10/h1,3,5,7,9-12H,2,4,6,8H2;1-7H. The number of carbonyl (C=O) groups is 1. The summed E-state index contributed by atoms with van der Waals surface area (Å²) in [5, 5.41) is 7.18. The van der Waals surface area contributed by atoms with Gasteiger partial charge in [-0.3, -0.25) is 4.79 Å². The fourth-order valence-electron chi connectivity index (χ4n) is 4.74. The molecule has 0 atom stereocenters. The zero-order chi connectivity index (χ0) is 21.2. The molecule has 0 unspecified atom stereocenters. The van der Waals surface area contributed by atoms with Gasteiger partial charge in [0.25, 0.3) is 5.24 Å².